The summed E-state index contributed by atoms with van der Waals surface area (Å²) < 4.78 is 0. The van der Waals surface area contributed by atoms with Crippen LogP contribution in [0.15, 0.2) is 103 Å². The van der Waals surface area contributed by atoms with Crippen LogP contribution in [0.3, 0.4) is 0 Å². The minimum atomic E-state index is 0.0624. The summed E-state index contributed by atoms with van der Waals surface area (Å²) in [5, 5.41) is 0. The minimum Gasteiger partial charge on any atom is -0.361 e. The molecule has 3 heterocycles. The average Bonchev–Trinajstić information content (AvgIpc) is 2.91. The van der Waals surface area contributed by atoms with Gasteiger partial charge in [-0.15, -0.1) is 0 Å². The Hall–Kier alpha value is -4.24. The van der Waals surface area contributed by atoms with E-state index in [4.69, 9.17) is 0 Å². The first-order chi connectivity index (χ1) is 17.4. The lowest BCUT2D eigenvalue weighted by atomic mass is 9.52. The maximum absolute atomic E-state index is 2.64. The number of para-hydroxylation sites is 2. The van der Waals surface area contributed by atoms with E-state index in [0.717, 1.165) is 12.8 Å². The van der Waals surface area contributed by atoms with E-state index in [9.17, 15) is 0 Å². The Bertz CT molecular complexity index is 1620. The monoisotopic (exact) mass is 444 g/mol. The Morgan fingerprint density at radius 2 is 0.886 bits per heavy atom. The van der Waals surface area contributed by atoms with Gasteiger partial charge in [-0.25, -0.2) is 0 Å². The Balaban J connectivity index is 1.51. The second-order valence-corrected chi connectivity index (χ2v) is 10.1. The fourth-order valence-electron chi connectivity index (χ4n) is 7.11. The number of benzene rings is 5. The van der Waals surface area contributed by atoms with Crippen LogP contribution >= 0.6 is 0 Å². The number of hydrogen-bond acceptors (Lipinski definition) is 2. The van der Waals surface area contributed by atoms with Gasteiger partial charge in [0.1, 0.15) is 0 Å². The minimum absolute atomic E-state index is 0.0624. The summed E-state index contributed by atoms with van der Waals surface area (Å²) in [6.07, 6.45) is 1.99. The number of fused-ring (bicyclic) bond motifs is 8. The van der Waals surface area contributed by atoms with Gasteiger partial charge in [0, 0.05) is 40.3 Å². The molecule has 3 heteroatoms. The molecule has 0 spiro atoms. The smallest absolute Gasteiger partial charge is 0.361 e. The topological polar surface area (TPSA) is 6.48 Å². The second kappa shape index (κ2) is 6.25. The van der Waals surface area contributed by atoms with Crippen LogP contribution in [0, 0.1) is 0 Å². The van der Waals surface area contributed by atoms with Gasteiger partial charge in [-0.1, -0.05) is 78.9 Å². The van der Waals surface area contributed by atoms with Crippen LogP contribution in [0.25, 0.3) is 22.3 Å². The van der Waals surface area contributed by atoms with Crippen LogP contribution in [0.5, 0.6) is 0 Å². The number of hydrogen-bond donors (Lipinski definition) is 0. The molecule has 35 heavy (non-hydrogen) atoms. The Morgan fingerprint density at radius 1 is 0.429 bits per heavy atom. The number of rotatable bonds is 0. The molecule has 9 rings (SSSR count). The highest BCUT2D eigenvalue weighted by Gasteiger charge is 2.48. The molecule has 0 fully saturated rings. The van der Waals surface area contributed by atoms with Gasteiger partial charge in [0.05, 0.1) is 0 Å². The lowest BCUT2D eigenvalue weighted by Gasteiger charge is -2.50. The first-order valence-electron chi connectivity index (χ1n) is 12.5. The van der Waals surface area contributed by atoms with Crippen molar-refractivity contribution >= 4 is 35.2 Å². The molecular weight excluding hydrogens is 423 g/mol. The van der Waals surface area contributed by atoms with Crippen molar-refractivity contribution < 1.29 is 0 Å². The fraction of sp³-hybridized carbons (Fsp3) is 0.0625. The van der Waals surface area contributed by atoms with E-state index in [-0.39, 0.29) is 6.98 Å². The second-order valence-electron chi connectivity index (χ2n) is 10.1. The molecule has 3 aliphatic heterocycles. The summed E-state index contributed by atoms with van der Waals surface area (Å²) in [6, 6.07) is 38.7. The molecule has 0 unspecified atom stereocenters. The van der Waals surface area contributed by atoms with E-state index in [1.807, 2.05) is 0 Å². The van der Waals surface area contributed by atoms with Crippen molar-refractivity contribution in [2.24, 2.45) is 0 Å². The molecule has 5 aromatic rings. The molecule has 0 atom stereocenters. The highest BCUT2D eigenvalue weighted by molar-refractivity contribution is 6.86. The molecule has 0 saturated carbocycles. The molecule has 0 N–H and O–H groups in total. The molecule has 0 amide bonds. The fourth-order valence-corrected chi connectivity index (χ4v) is 7.11. The summed E-state index contributed by atoms with van der Waals surface area (Å²) >= 11 is 0. The summed E-state index contributed by atoms with van der Waals surface area (Å²) in [6.45, 7) is 0.0624. The van der Waals surface area contributed by atoms with Crippen molar-refractivity contribution in [1.29, 1.82) is 0 Å². The van der Waals surface area contributed by atoms with Gasteiger partial charge in [-0.2, -0.15) is 0 Å². The van der Waals surface area contributed by atoms with Crippen LogP contribution < -0.4 is 15.1 Å². The summed E-state index contributed by atoms with van der Waals surface area (Å²) in [5.41, 5.74) is 18.0. The molecule has 2 bridgehead atoms. The first kappa shape index (κ1) is 18.1. The van der Waals surface area contributed by atoms with Crippen molar-refractivity contribution in [2.75, 3.05) is 9.62 Å². The number of anilines is 4. The lowest BCUT2D eigenvalue weighted by molar-refractivity contribution is 0.984. The molecule has 0 saturated heterocycles. The maximum atomic E-state index is 2.64. The summed E-state index contributed by atoms with van der Waals surface area (Å²) in [4.78, 5) is 5.27. The van der Waals surface area contributed by atoms with E-state index < -0.39 is 0 Å². The molecule has 162 valence electrons. The predicted molar refractivity (Wildman–Crippen MR) is 145 cm³/mol. The zero-order valence-corrected chi connectivity index (χ0v) is 19.2. The zero-order valence-electron chi connectivity index (χ0n) is 19.2. The molecule has 1 aliphatic carbocycles. The van der Waals surface area contributed by atoms with Crippen molar-refractivity contribution in [2.45, 2.75) is 12.8 Å². The van der Waals surface area contributed by atoms with Crippen molar-refractivity contribution in [3.05, 3.63) is 125 Å². The first-order valence-corrected chi connectivity index (χ1v) is 12.5. The maximum Gasteiger partial charge on any atom is 0.421 e. The van der Waals surface area contributed by atoms with E-state index in [2.05, 4.69) is 113 Å². The third kappa shape index (κ3) is 2.13. The summed E-state index contributed by atoms with van der Waals surface area (Å²) in [5.74, 6) is 0. The average molecular weight is 444 g/mol. The van der Waals surface area contributed by atoms with Gasteiger partial charge in [0.2, 0.25) is 0 Å². The van der Waals surface area contributed by atoms with Gasteiger partial charge < -0.3 is 9.62 Å². The lowest BCUT2D eigenvalue weighted by Crippen LogP contribution is -2.62. The predicted octanol–water partition coefficient (Wildman–Crippen LogP) is 6.83. The molecule has 5 aromatic carbocycles. The summed E-state index contributed by atoms with van der Waals surface area (Å²) in [7, 11) is 0. The van der Waals surface area contributed by atoms with Crippen LogP contribution in [-0.4, -0.2) is 6.98 Å². The Morgan fingerprint density at radius 3 is 1.46 bits per heavy atom. The Kier molecular flexibility index (Phi) is 3.24. The quantitative estimate of drug-likeness (QED) is 0.237. The van der Waals surface area contributed by atoms with Crippen LogP contribution in [0.1, 0.15) is 22.3 Å². The molecular formula is C32H21BN2. The normalized spacial score (nSPS) is 15.0. The third-order valence-electron chi connectivity index (χ3n) is 8.51. The van der Waals surface area contributed by atoms with Gasteiger partial charge in [-0.3, -0.25) is 0 Å². The third-order valence-corrected chi connectivity index (χ3v) is 8.51. The highest BCUT2D eigenvalue weighted by Crippen LogP contribution is 2.52. The van der Waals surface area contributed by atoms with Gasteiger partial charge in [0.15, 0.2) is 0 Å². The van der Waals surface area contributed by atoms with E-state index >= 15 is 0 Å². The molecule has 2 nitrogen and oxygen atoms in total. The van der Waals surface area contributed by atoms with Crippen molar-refractivity contribution in [1.82, 2.24) is 0 Å². The van der Waals surface area contributed by atoms with Gasteiger partial charge in [0.25, 0.3) is 0 Å². The van der Waals surface area contributed by atoms with E-state index in [1.54, 1.807) is 0 Å². The van der Waals surface area contributed by atoms with Gasteiger partial charge in [-0.05, 0) is 69.5 Å². The van der Waals surface area contributed by atoms with Gasteiger partial charge >= 0.3 is 6.98 Å². The van der Waals surface area contributed by atoms with Crippen LogP contribution in [-0.2, 0) is 12.8 Å². The van der Waals surface area contributed by atoms with Crippen molar-refractivity contribution in [3.8, 4) is 22.3 Å². The molecule has 0 aromatic heterocycles. The largest absolute Gasteiger partial charge is 0.421 e. The SMILES string of the molecule is c1ccc2c(c1)-c1cccc3c1B1N2c2cccc4c2Cc2c(cccc2N1c1ccccc1-3)C4. The van der Waals surface area contributed by atoms with Crippen LogP contribution in [0.2, 0.25) is 0 Å². The Labute approximate surface area is 205 Å². The molecule has 4 aliphatic rings. The number of nitrogens with zero attached hydrogens (tertiary/aromatic N) is 2. The zero-order chi connectivity index (χ0) is 22.7. The molecule has 0 radical (unpaired) electrons. The highest BCUT2D eigenvalue weighted by atomic mass is 15.3. The van der Waals surface area contributed by atoms with E-state index in [1.165, 1.54) is 72.7 Å². The van der Waals surface area contributed by atoms with E-state index in [0.29, 0.717) is 0 Å². The standard InChI is InChI=1S/C32H21BN2/c1-3-14-28-22(10-1)24-12-7-13-25-23-11-2-4-15-29(23)35-31-17-6-9-21-18-20-8-5-16-30(26(20)19-27(21)31)34(28)33(35)32(24)25/h1-17H,18-19H2. The van der Waals surface area contributed by atoms with Crippen LogP contribution in [0.4, 0.5) is 22.7 Å². The van der Waals surface area contributed by atoms with Crippen molar-refractivity contribution in [3.63, 3.8) is 0 Å².